The molecule has 0 spiro atoms. The van der Waals surface area contributed by atoms with Crippen LogP contribution in [-0.2, 0) is 11.3 Å². The lowest BCUT2D eigenvalue weighted by Crippen LogP contribution is -2.32. The van der Waals surface area contributed by atoms with Crippen LogP contribution in [0.25, 0.3) is 0 Å². The third-order valence-corrected chi connectivity index (χ3v) is 4.56. The Balaban J connectivity index is 1.96. The highest BCUT2D eigenvalue weighted by Gasteiger charge is 2.29. The van der Waals surface area contributed by atoms with Crippen molar-refractivity contribution < 1.29 is 4.74 Å². The highest BCUT2D eigenvalue weighted by atomic mass is 16.5. The summed E-state index contributed by atoms with van der Waals surface area (Å²) in [6.07, 6.45) is 3.96. The Labute approximate surface area is 169 Å². The summed E-state index contributed by atoms with van der Waals surface area (Å²) in [7, 11) is 0. The molecule has 0 radical (unpaired) electrons. The molecule has 148 valence electrons. The lowest BCUT2D eigenvalue weighted by Gasteiger charge is -2.26. The maximum absolute atomic E-state index is 9.38. The fraction of sp³-hybridized carbons (Fsp3) is 0.300. The van der Waals surface area contributed by atoms with E-state index in [0.29, 0.717) is 18.0 Å². The van der Waals surface area contributed by atoms with Crippen molar-refractivity contribution in [3.8, 4) is 12.3 Å². The number of nitrogens with zero attached hydrogens (tertiary/aromatic N) is 4. The van der Waals surface area contributed by atoms with E-state index < -0.39 is 6.04 Å². The highest BCUT2D eigenvalue weighted by Crippen LogP contribution is 2.40. The van der Waals surface area contributed by atoms with E-state index in [1.807, 2.05) is 36.5 Å². The van der Waals surface area contributed by atoms with Gasteiger partial charge in [-0.05, 0) is 17.5 Å². The van der Waals surface area contributed by atoms with Gasteiger partial charge in [0.2, 0.25) is 5.96 Å². The summed E-state index contributed by atoms with van der Waals surface area (Å²) >= 11 is 0. The van der Waals surface area contributed by atoms with Gasteiger partial charge in [-0.1, -0.05) is 37.6 Å². The number of unbranched alkanes of at least 4 members (excludes halogenated alkanes) is 1. The Kier molecular flexibility index (Phi) is 6.12. The summed E-state index contributed by atoms with van der Waals surface area (Å²) in [5, 5.41) is 23.7. The molecule has 1 aromatic carbocycles. The van der Waals surface area contributed by atoms with Crippen LogP contribution in [0, 0.1) is 22.8 Å². The van der Waals surface area contributed by atoms with Gasteiger partial charge in [0.25, 0.3) is 0 Å². The first-order valence-corrected chi connectivity index (χ1v) is 9.24. The zero-order valence-corrected chi connectivity index (χ0v) is 16.1. The van der Waals surface area contributed by atoms with Crippen molar-refractivity contribution in [3.63, 3.8) is 0 Å². The van der Waals surface area contributed by atoms with Crippen LogP contribution < -0.4 is 22.1 Å². The average Bonchev–Trinajstić information content (AvgIpc) is 2.71. The Morgan fingerprint density at radius 1 is 1.24 bits per heavy atom. The number of anilines is 3. The number of guanidine groups is 1. The van der Waals surface area contributed by atoms with E-state index in [9.17, 15) is 5.26 Å². The molecule has 0 saturated carbocycles. The number of nitrogens with one attached hydrogen (secondary N) is 2. The van der Waals surface area contributed by atoms with Crippen LogP contribution in [0.2, 0.25) is 0 Å². The summed E-state index contributed by atoms with van der Waals surface area (Å²) in [4.78, 5) is 8.78. The molecule has 3 rings (SSSR count). The number of benzene rings is 1. The van der Waals surface area contributed by atoms with E-state index >= 15 is 0 Å². The zero-order chi connectivity index (χ0) is 20.8. The van der Waals surface area contributed by atoms with Gasteiger partial charge in [0.1, 0.15) is 29.3 Å². The van der Waals surface area contributed by atoms with Crippen LogP contribution in [-0.4, -0.2) is 17.6 Å². The van der Waals surface area contributed by atoms with Crippen LogP contribution in [0.1, 0.15) is 48.1 Å². The second-order valence-corrected chi connectivity index (χ2v) is 6.55. The number of ether oxygens (including phenoxy) is 1. The third-order valence-electron chi connectivity index (χ3n) is 4.56. The number of aliphatic imine (C=N–C) groups is 1. The van der Waals surface area contributed by atoms with Gasteiger partial charge < -0.3 is 21.5 Å². The van der Waals surface area contributed by atoms with Gasteiger partial charge >= 0.3 is 0 Å². The SMILES string of the molecule is CCCCOCc1ccc(C2N=C(NC#N)Nc3nc(N)c(C#N)c(N)c32)cc1. The van der Waals surface area contributed by atoms with Crippen molar-refractivity contribution in [2.45, 2.75) is 32.4 Å². The molecule has 6 N–H and O–H groups in total. The zero-order valence-electron chi connectivity index (χ0n) is 16.1. The molecule has 1 unspecified atom stereocenters. The molecular formula is C20H22N8O. The second-order valence-electron chi connectivity index (χ2n) is 6.55. The van der Waals surface area contributed by atoms with E-state index in [1.165, 1.54) is 0 Å². The Morgan fingerprint density at radius 2 is 2.00 bits per heavy atom. The maximum Gasteiger partial charge on any atom is 0.211 e. The van der Waals surface area contributed by atoms with E-state index in [0.717, 1.165) is 30.6 Å². The largest absolute Gasteiger partial charge is 0.397 e. The Morgan fingerprint density at radius 3 is 2.66 bits per heavy atom. The van der Waals surface area contributed by atoms with Crippen molar-refractivity contribution in [1.82, 2.24) is 10.3 Å². The van der Waals surface area contributed by atoms with Crippen LogP contribution >= 0.6 is 0 Å². The van der Waals surface area contributed by atoms with Crippen molar-refractivity contribution >= 4 is 23.3 Å². The Hall–Kier alpha value is -3.82. The molecule has 1 atom stereocenters. The van der Waals surface area contributed by atoms with Crippen molar-refractivity contribution in [3.05, 3.63) is 46.5 Å². The van der Waals surface area contributed by atoms with E-state index in [1.54, 1.807) is 0 Å². The number of hydrogen-bond donors (Lipinski definition) is 4. The predicted molar refractivity (Wildman–Crippen MR) is 110 cm³/mol. The Bertz CT molecular complexity index is 1000. The normalized spacial score (nSPS) is 14.7. The summed E-state index contributed by atoms with van der Waals surface area (Å²) in [5.41, 5.74) is 14.8. The molecular weight excluding hydrogens is 368 g/mol. The lowest BCUT2D eigenvalue weighted by atomic mass is 9.94. The monoisotopic (exact) mass is 390 g/mol. The third kappa shape index (κ3) is 4.21. The number of nitriles is 2. The molecule has 1 aliphatic heterocycles. The fourth-order valence-electron chi connectivity index (χ4n) is 3.05. The minimum atomic E-state index is -0.544. The van der Waals surface area contributed by atoms with Crippen LogP contribution in [0.3, 0.4) is 0 Å². The van der Waals surface area contributed by atoms with Gasteiger partial charge in [-0.2, -0.15) is 10.5 Å². The molecule has 9 heteroatoms. The number of hydrogen-bond acceptors (Lipinski definition) is 9. The summed E-state index contributed by atoms with van der Waals surface area (Å²) in [6, 6.07) is 9.22. The topological polar surface area (TPSA) is 158 Å². The van der Waals surface area contributed by atoms with Gasteiger partial charge in [-0.3, -0.25) is 5.32 Å². The number of nitrogens with two attached hydrogens (primary N) is 2. The number of rotatable bonds is 6. The van der Waals surface area contributed by atoms with E-state index in [-0.39, 0.29) is 23.0 Å². The molecule has 0 aliphatic carbocycles. The summed E-state index contributed by atoms with van der Waals surface area (Å²) < 4.78 is 5.65. The van der Waals surface area contributed by atoms with Gasteiger partial charge in [0, 0.05) is 12.2 Å². The average molecular weight is 390 g/mol. The second kappa shape index (κ2) is 8.91. The molecule has 1 aromatic heterocycles. The molecule has 0 bridgehead atoms. The first kappa shape index (κ1) is 19.9. The minimum Gasteiger partial charge on any atom is -0.397 e. The van der Waals surface area contributed by atoms with Gasteiger partial charge in [-0.15, -0.1) is 0 Å². The molecule has 0 saturated heterocycles. The number of nitrogen functional groups attached to an aromatic ring is 2. The van der Waals surface area contributed by atoms with Gasteiger partial charge in [0.05, 0.1) is 12.3 Å². The number of fused-ring (bicyclic) bond motifs is 1. The number of aromatic nitrogens is 1. The van der Waals surface area contributed by atoms with E-state index in [4.69, 9.17) is 21.5 Å². The van der Waals surface area contributed by atoms with Gasteiger partial charge in [-0.25, -0.2) is 9.98 Å². The fourth-order valence-corrected chi connectivity index (χ4v) is 3.05. The number of pyridine rings is 1. The molecule has 2 aromatic rings. The van der Waals surface area contributed by atoms with Crippen molar-refractivity contribution in [2.24, 2.45) is 4.99 Å². The predicted octanol–water partition coefficient (Wildman–Crippen LogP) is 2.38. The lowest BCUT2D eigenvalue weighted by molar-refractivity contribution is 0.118. The molecule has 0 fully saturated rings. The summed E-state index contributed by atoms with van der Waals surface area (Å²) in [5.74, 6) is 0.615. The molecule has 2 heterocycles. The minimum absolute atomic E-state index is 0.0211. The summed E-state index contributed by atoms with van der Waals surface area (Å²) in [6.45, 7) is 3.39. The van der Waals surface area contributed by atoms with Crippen molar-refractivity contribution in [2.75, 3.05) is 23.4 Å². The highest BCUT2D eigenvalue weighted by molar-refractivity contribution is 5.98. The van der Waals surface area contributed by atoms with Gasteiger partial charge in [0.15, 0.2) is 6.19 Å². The smallest absolute Gasteiger partial charge is 0.211 e. The first-order valence-electron chi connectivity index (χ1n) is 9.24. The molecule has 0 amide bonds. The van der Waals surface area contributed by atoms with Crippen LogP contribution in [0.15, 0.2) is 29.3 Å². The van der Waals surface area contributed by atoms with Crippen LogP contribution in [0.5, 0.6) is 0 Å². The standard InChI is InChI=1S/C20H22N8O/c1-2-3-8-29-10-12-4-6-13(7-5-12)17-15-16(23)14(9-21)18(24)27-19(15)28-20(26-17)25-11-22/h4-7,17H,2-3,8,10H2,1H3,(H6,23,24,25,26,27,28). The molecule has 29 heavy (non-hydrogen) atoms. The first-order chi connectivity index (χ1) is 14.1. The molecule has 9 nitrogen and oxygen atoms in total. The van der Waals surface area contributed by atoms with E-state index in [2.05, 4.69) is 27.5 Å². The van der Waals surface area contributed by atoms with Crippen LogP contribution in [0.4, 0.5) is 17.3 Å². The maximum atomic E-state index is 9.38. The van der Waals surface area contributed by atoms with Crippen molar-refractivity contribution in [1.29, 1.82) is 10.5 Å². The quantitative estimate of drug-likeness (QED) is 0.332. The molecule has 1 aliphatic rings.